The zero-order valence-electron chi connectivity index (χ0n) is 8.89. The van der Waals surface area contributed by atoms with E-state index in [1.807, 2.05) is 0 Å². The van der Waals surface area contributed by atoms with Crippen molar-refractivity contribution >= 4 is 35.8 Å². The van der Waals surface area contributed by atoms with Crippen molar-refractivity contribution in [2.75, 3.05) is 0 Å². The maximum Gasteiger partial charge on any atom is 2.00 e. The Labute approximate surface area is 146 Å². The van der Waals surface area contributed by atoms with Gasteiger partial charge >= 0.3 is 50.9 Å². The van der Waals surface area contributed by atoms with Crippen molar-refractivity contribution < 1.29 is 110 Å². The van der Waals surface area contributed by atoms with Gasteiger partial charge in [0.15, 0.2) is 0 Å². The van der Waals surface area contributed by atoms with Crippen LogP contribution >= 0.6 is 0 Å². The molecular weight excluding hydrogens is 442 g/mol. The molecule has 0 bridgehead atoms. The first-order valence-corrected chi connectivity index (χ1v) is 3.20. The third-order valence-electron chi connectivity index (χ3n) is 0.500. The van der Waals surface area contributed by atoms with E-state index < -0.39 is 35.8 Å². The number of carbonyl (C=O) groups excluding carboxylic acids is 6. The van der Waals surface area contributed by atoms with E-state index in [9.17, 15) is 0 Å². The number of hydrogen-bond donors (Lipinski definition) is 0. The van der Waals surface area contributed by atoms with Gasteiger partial charge < -0.3 is 59.4 Å². The molecule has 0 fully saturated rings. The van der Waals surface area contributed by atoms with Crippen LogP contribution in [0.5, 0.6) is 0 Å². The summed E-state index contributed by atoms with van der Waals surface area (Å²) in [6, 6.07) is 0. The van der Waals surface area contributed by atoms with Crippen LogP contribution in [0.15, 0.2) is 0 Å². The maximum absolute atomic E-state index is 8.93. The van der Waals surface area contributed by atoms with E-state index in [0.29, 0.717) is 0 Å². The third kappa shape index (κ3) is 45.8. The third-order valence-corrected chi connectivity index (χ3v) is 0.500. The molecule has 0 aromatic rings. The Morgan fingerprint density at radius 1 is 0.429 bits per heavy atom. The molecule has 12 nitrogen and oxygen atoms in total. The molecule has 21 heavy (non-hydrogen) atoms. The van der Waals surface area contributed by atoms with Gasteiger partial charge in [0.25, 0.3) is 0 Å². The van der Waals surface area contributed by atoms with Gasteiger partial charge in [0.05, 0.1) is 35.8 Å². The van der Waals surface area contributed by atoms with Crippen molar-refractivity contribution in [2.45, 2.75) is 0 Å². The summed E-state index contributed by atoms with van der Waals surface area (Å²) in [6.07, 6.45) is 0. The second-order valence-electron chi connectivity index (χ2n) is 1.72. The fourth-order valence-corrected chi connectivity index (χ4v) is 0. The molecule has 0 atom stereocenters. The van der Waals surface area contributed by atoms with Crippen LogP contribution in [0.2, 0.25) is 0 Å². The zero-order valence-corrected chi connectivity index (χ0v) is 12.0. The number of rotatable bonds is 0. The van der Waals surface area contributed by atoms with E-state index in [1.165, 1.54) is 0 Å². The summed E-state index contributed by atoms with van der Waals surface area (Å²) < 4.78 is 0. The molecule has 0 N–H and O–H groups in total. The molecule has 0 aromatic carbocycles. The van der Waals surface area contributed by atoms with Gasteiger partial charge in [-0.05, 0) is 0 Å². The van der Waals surface area contributed by atoms with E-state index in [0.717, 1.165) is 0 Å². The van der Waals surface area contributed by atoms with Crippen molar-refractivity contribution in [2.24, 2.45) is 0 Å². The summed E-state index contributed by atoms with van der Waals surface area (Å²) in [5, 5.41) is 53.6. The maximum atomic E-state index is 8.93. The van der Waals surface area contributed by atoms with Gasteiger partial charge in [0.2, 0.25) is 0 Å². The van der Waals surface area contributed by atoms with E-state index in [-0.39, 0.29) is 50.9 Å². The van der Waals surface area contributed by atoms with Crippen molar-refractivity contribution in [3.05, 3.63) is 0 Å². The van der Waals surface area contributed by atoms with Crippen LogP contribution in [-0.4, -0.2) is 35.8 Å². The molecule has 15 heteroatoms. The Kier molecular flexibility index (Phi) is 36.0. The molecule has 2 radical (unpaired) electrons. The first-order valence-electron chi connectivity index (χ1n) is 3.20. The van der Waals surface area contributed by atoms with Crippen molar-refractivity contribution in [3.8, 4) is 0 Å². The number of carboxylic acids is 6. The Morgan fingerprint density at radius 2 is 0.476 bits per heavy atom. The molecular formula is C6CoCuFeO12. The average Bonchev–Trinajstić information content (AvgIpc) is 2.18. The summed E-state index contributed by atoms with van der Waals surface area (Å²) >= 11 is 0. The molecule has 0 rings (SSSR count). The first kappa shape index (κ1) is 36.6. The van der Waals surface area contributed by atoms with Crippen LogP contribution in [0.1, 0.15) is 0 Å². The number of carbonyl (C=O) groups is 6. The number of carboxylic acid groups (broad SMARTS) is 6. The molecule has 0 aliphatic rings. The Bertz CT molecular complexity index is 289. The normalized spacial score (nSPS) is 6.29. The standard InChI is InChI=1S/3C2H2O4.Co.Cu.Fe/c3*3-1(4)2(5)6;;;/h3*(H,3,4)(H,5,6);;;/q;;;3*+2/p-6. The Balaban J connectivity index is -0.0000000375. The fourth-order valence-electron chi connectivity index (χ4n) is 0. The van der Waals surface area contributed by atoms with Crippen molar-refractivity contribution in [1.82, 2.24) is 0 Å². The van der Waals surface area contributed by atoms with Gasteiger partial charge in [-0.25, -0.2) is 0 Å². The quantitative estimate of drug-likeness (QED) is 0.251. The van der Waals surface area contributed by atoms with E-state index in [2.05, 4.69) is 0 Å². The summed E-state index contributed by atoms with van der Waals surface area (Å²) in [7, 11) is 0. The predicted octanol–water partition coefficient (Wildman–Crippen LogP) is -10.5. The van der Waals surface area contributed by atoms with Crippen LogP contribution in [0.4, 0.5) is 0 Å². The number of aliphatic carboxylic acids is 6. The van der Waals surface area contributed by atoms with Gasteiger partial charge in [0.1, 0.15) is 0 Å². The fraction of sp³-hybridized carbons (Fsp3) is 0. The summed E-state index contributed by atoms with van der Waals surface area (Å²) in [5.74, 6) is -13.1. The van der Waals surface area contributed by atoms with Crippen molar-refractivity contribution in [3.63, 3.8) is 0 Å². The molecule has 0 saturated carbocycles. The summed E-state index contributed by atoms with van der Waals surface area (Å²) in [4.78, 5) is 53.6. The molecule has 0 spiro atoms. The molecule has 0 heterocycles. The zero-order chi connectivity index (χ0) is 15.5. The van der Waals surface area contributed by atoms with E-state index >= 15 is 0 Å². The van der Waals surface area contributed by atoms with Gasteiger partial charge in [-0.3, -0.25) is 0 Å². The van der Waals surface area contributed by atoms with Crippen LogP contribution in [0.3, 0.4) is 0 Å². The van der Waals surface area contributed by atoms with Crippen LogP contribution in [0.25, 0.3) is 0 Å². The number of hydrogen-bond acceptors (Lipinski definition) is 12. The minimum atomic E-state index is -2.19. The molecule has 0 aliphatic carbocycles. The summed E-state index contributed by atoms with van der Waals surface area (Å²) in [5.41, 5.74) is 0. The van der Waals surface area contributed by atoms with Crippen LogP contribution in [-0.2, 0) is 79.7 Å². The second kappa shape index (κ2) is 20.7. The first-order chi connectivity index (χ1) is 7.93. The molecule has 0 saturated heterocycles. The monoisotopic (exact) mass is 442 g/mol. The van der Waals surface area contributed by atoms with Gasteiger partial charge in [-0.2, -0.15) is 0 Å². The SMILES string of the molecule is O=C([O-])C(=O)[O-].O=C([O-])C(=O)[O-].O=C([O-])C(=O)[O-].[Co+2].[Cu+2].[Fe+2]. The van der Waals surface area contributed by atoms with Gasteiger partial charge in [-0.15, -0.1) is 0 Å². The molecule has 124 valence electrons. The minimum absolute atomic E-state index is 0. The second-order valence-corrected chi connectivity index (χ2v) is 1.72. The van der Waals surface area contributed by atoms with E-state index in [1.54, 1.807) is 0 Å². The molecule has 0 amide bonds. The predicted molar refractivity (Wildman–Crippen MR) is 30.0 cm³/mol. The minimum Gasteiger partial charge on any atom is -0.543 e. The van der Waals surface area contributed by atoms with Gasteiger partial charge in [-0.1, -0.05) is 0 Å². The topological polar surface area (TPSA) is 241 Å². The van der Waals surface area contributed by atoms with Crippen LogP contribution in [0, 0.1) is 0 Å². The molecule has 0 unspecified atom stereocenters. The van der Waals surface area contributed by atoms with Crippen molar-refractivity contribution in [1.29, 1.82) is 0 Å². The van der Waals surface area contributed by atoms with Gasteiger partial charge in [0, 0.05) is 0 Å². The average molecular weight is 442 g/mol. The van der Waals surface area contributed by atoms with E-state index in [4.69, 9.17) is 59.4 Å². The molecule has 0 aliphatic heterocycles. The smallest absolute Gasteiger partial charge is 0.543 e. The Morgan fingerprint density at radius 3 is 0.476 bits per heavy atom. The van der Waals surface area contributed by atoms with Crippen LogP contribution < -0.4 is 30.6 Å². The largest absolute Gasteiger partial charge is 2.00 e. The summed E-state index contributed by atoms with van der Waals surface area (Å²) in [6.45, 7) is 0. The Hall–Kier alpha value is -1.63. The molecule has 0 aromatic heterocycles.